The molecule has 1 N–H and O–H groups in total. The zero-order valence-electron chi connectivity index (χ0n) is 20.0. The molecule has 178 valence electrons. The van der Waals surface area contributed by atoms with Crippen molar-refractivity contribution in [3.8, 4) is 17.2 Å². The third kappa shape index (κ3) is 7.23. The molecular formula is C25H32ClN3O4. The number of methoxy groups -OCH3 is 3. The molecule has 8 heteroatoms. The number of amides is 1. The van der Waals surface area contributed by atoms with E-state index in [-0.39, 0.29) is 5.91 Å². The second kappa shape index (κ2) is 12.9. The summed E-state index contributed by atoms with van der Waals surface area (Å²) in [6, 6.07) is 14.5. The summed E-state index contributed by atoms with van der Waals surface area (Å²) in [6.07, 6.45) is 0.830. The van der Waals surface area contributed by atoms with E-state index in [1.54, 1.807) is 43.3 Å². The number of anilines is 1. The first kappa shape index (κ1) is 26.2. The van der Waals surface area contributed by atoms with E-state index in [1.807, 2.05) is 30.3 Å². The lowest BCUT2D eigenvalue weighted by atomic mass is 10.1. The van der Waals surface area contributed by atoms with E-state index in [2.05, 4.69) is 31.2 Å². The van der Waals surface area contributed by atoms with Gasteiger partial charge in [-0.15, -0.1) is 11.6 Å². The van der Waals surface area contributed by atoms with Crippen molar-refractivity contribution >= 4 is 23.3 Å². The Hall–Kier alpha value is -3.03. The van der Waals surface area contributed by atoms with Crippen LogP contribution in [0.25, 0.3) is 5.69 Å². The summed E-state index contributed by atoms with van der Waals surface area (Å²) < 4.78 is 17.6. The molecule has 1 unspecified atom stereocenters. The van der Waals surface area contributed by atoms with E-state index >= 15 is 0 Å². The molecule has 0 bridgehead atoms. The fourth-order valence-electron chi connectivity index (χ4n) is 2.93. The van der Waals surface area contributed by atoms with Crippen molar-refractivity contribution in [2.75, 3.05) is 26.6 Å². The van der Waals surface area contributed by atoms with E-state index in [0.29, 0.717) is 28.9 Å². The Morgan fingerprint density at radius 1 is 1.00 bits per heavy atom. The molecule has 1 atom stereocenters. The molecule has 0 saturated carbocycles. The standard InChI is InChI=1S/C21H22ClN3O4.C4H10/c1-27-17-9-8-16(12-18(17)28-2)25-19(10-11-23-25)24-21(26)20(29-3)15-6-4-14(13-22)5-7-15;1-4(2)3/h4-12,20H,13H2,1-3H3,(H,24,26);4H,1-3H3. The monoisotopic (exact) mass is 473 g/mol. The number of hydrogen-bond acceptors (Lipinski definition) is 5. The normalized spacial score (nSPS) is 11.4. The first-order valence-electron chi connectivity index (χ1n) is 10.6. The van der Waals surface area contributed by atoms with Gasteiger partial charge in [0, 0.05) is 25.1 Å². The Bertz CT molecular complexity index is 1020. The quantitative estimate of drug-likeness (QED) is 0.430. The lowest BCUT2D eigenvalue weighted by Crippen LogP contribution is -2.24. The van der Waals surface area contributed by atoms with E-state index in [9.17, 15) is 4.79 Å². The lowest BCUT2D eigenvalue weighted by molar-refractivity contribution is -0.126. The van der Waals surface area contributed by atoms with Gasteiger partial charge < -0.3 is 19.5 Å². The van der Waals surface area contributed by atoms with E-state index in [1.165, 1.54) is 7.11 Å². The van der Waals surface area contributed by atoms with Gasteiger partial charge >= 0.3 is 0 Å². The fraction of sp³-hybridized carbons (Fsp3) is 0.360. The van der Waals surface area contributed by atoms with Crippen molar-refractivity contribution in [3.63, 3.8) is 0 Å². The van der Waals surface area contributed by atoms with Crippen LogP contribution in [0, 0.1) is 5.92 Å². The van der Waals surface area contributed by atoms with Crippen LogP contribution in [0.3, 0.4) is 0 Å². The Kier molecular flexibility index (Phi) is 10.2. The van der Waals surface area contributed by atoms with Crippen molar-refractivity contribution in [2.24, 2.45) is 5.92 Å². The lowest BCUT2D eigenvalue weighted by Gasteiger charge is -2.17. The van der Waals surface area contributed by atoms with E-state index in [0.717, 1.165) is 17.0 Å². The van der Waals surface area contributed by atoms with Gasteiger partial charge in [0.2, 0.25) is 0 Å². The van der Waals surface area contributed by atoms with Crippen LogP contribution >= 0.6 is 11.6 Å². The first-order valence-corrected chi connectivity index (χ1v) is 11.1. The number of alkyl halides is 1. The summed E-state index contributed by atoms with van der Waals surface area (Å²) in [4.78, 5) is 12.9. The van der Waals surface area contributed by atoms with Crippen molar-refractivity contribution in [1.29, 1.82) is 0 Å². The van der Waals surface area contributed by atoms with Crippen molar-refractivity contribution in [2.45, 2.75) is 32.8 Å². The molecule has 1 heterocycles. The van der Waals surface area contributed by atoms with Crippen molar-refractivity contribution in [1.82, 2.24) is 9.78 Å². The molecule has 1 aromatic heterocycles. The maximum atomic E-state index is 12.9. The molecular weight excluding hydrogens is 442 g/mol. The molecule has 2 aromatic carbocycles. The highest BCUT2D eigenvalue weighted by molar-refractivity contribution is 6.17. The van der Waals surface area contributed by atoms with Crippen LogP contribution in [0.5, 0.6) is 11.5 Å². The zero-order chi connectivity index (χ0) is 24.4. The van der Waals surface area contributed by atoms with Crippen molar-refractivity contribution in [3.05, 3.63) is 65.9 Å². The molecule has 0 radical (unpaired) electrons. The maximum absolute atomic E-state index is 12.9. The van der Waals surface area contributed by atoms with Crippen molar-refractivity contribution < 1.29 is 19.0 Å². The van der Waals surface area contributed by atoms with Gasteiger partial charge in [-0.1, -0.05) is 45.0 Å². The van der Waals surface area contributed by atoms with Crippen LogP contribution in [0.15, 0.2) is 54.7 Å². The second-order valence-corrected chi connectivity index (χ2v) is 8.15. The zero-order valence-corrected chi connectivity index (χ0v) is 20.7. The number of benzene rings is 2. The summed E-state index contributed by atoms with van der Waals surface area (Å²) in [5.74, 6) is 2.60. The Balaban J connectivity index is 0.000000890. The number of aromatic nitrogens is 2. The molecule has 0 aliphatic carbocycles. The van der Waals surface area contributed by atoms with Crippen LogP contribution in [0.4, 0.5) is 5.82 Å². The molecule has 0 aliphatic rings. The topological polar surface area (TPSA) is 74.6 Å². The molecule has 0 aliphatic heterocycles. The average Bonchev–Trinajstić information content (AvgIpc) is 3.27. The molecule has 1 amide bonds. The van der Waals surface area contributed by atoms with Gasteiger partial charge in [0.15, 0.2) is 17.6 Å². The number of carbonyl (C=O) groups is 1. The highest BCUT2D eigenvalue weighted by atomic mass is 35.5. The van der Waals surface area contributed by atoms with Crippen LogP contribution < -0.4 is 14.8 Å². The van der Waals surface area contributed by atoms with Gasteiger partial charge in [-0.2, -0.15) is 5.10 Å². The summed E-state index contributed by atoms with van der Waals surface area (Å²) in [5.41, 5.74) is 2.41. The largest absolute Gasteiger partial charge is 0.493 e. The molecule has 0 fully saturated rings. The van der Waals surface area contributed by atoms with E-state index in [4.69, 9.17) is 25.8 Å². The maximum Gasteiger partial charge on any atom is 0.259 e. The molecule has 0 saturated heterocycles. The van der Waals surface area contributed by atoms with Gasteiger partial charge in [-0.25, -0.2) is 4.68 Å². The smallest absolute Gasteiger partial charge is 0.259 e. The van der Waals surface area contributed by atoms with Gasteiger partial charge in [-0.05, 0) is 29.2 Å². The molecule has 33 heavy (non-hydrogen) atoms. The highest BCUT2D eigenvalue weighted by Crippen LogP contribution is 2.30. The number of hydrogen-bond donors (Lipinski definition) is 1. The molecule has 0 spiro atoms. The average molecular weight is 474 g/mol. The predicted octanol–water partition coefficient (Wildman–Crippen LogP) is 5.62. The predicted molar refractivity (Wildman–Crippen MR) is 132 cm³/mol. The van der Waals surface area contributed by atoms with Gasteiger partial charge in [0.05, 0.1) is 26.1 Å². The van der Waals surface area contributed by atoms with Gasteiger partial charge in [0.1, 0.15) is 5.82 Å². The first-order chi connectivity index (χ1) is 15.8. The Morgan fingerprint density at radius 2 is 1.64 bits per heavy atom. The summed E-state index contributed by atoms with van der Waals surface area (Å²) in [5, 5.41) is 7.17. The summed E-state index contributed by atoms with van der Waals surface area (Å²) in [7, 11) is 4.62. The number of nitrogens with one attached hydrogen (secondary N) is 1. The molecule has 3 rings (SSSR count). The van der Waals surface area contributed by atoms with Crippen LogP contribution in [-0.2, 0) is 15.4 Å². The molecule has 3 aromatic rings. The van der Waals surface area contributed by atoms with E-state index < -0.39 is 6.10 Å². The minimum absolute atomic E-state index is 0.312. The SMILES string of the molecule is CC(C)C.COc1ccc(-n2nccc2NC(=O)C(OC)c2ccc(CCl)cc2)cc1OC. The minimum atomic E-state index is -0.770. The van der Waals surface area contributed by atoms with Crippen LogP contribution in [0.1, 0.15) is 38.0 Å². The number of nitrogens with zero attached hydrogens (tertiary/aromatic N) is 2. The minimum Gasteiger partial charge on any atom is -0.493 e. The Labute approximate surface area is 200 Å². The third-order valence-corrected chi connectivity index (χ3v) is 4.72. The van der Waals surface area contributed by atoms with Gasteiger partial charge in [0.25, 0.3) is 5.91 Å². The highest BCUT2D eigenvalue weighted by Gasteiger charge is 2.22. The van der Waals surface area contributed by atoms with Gasteiger partial charge in [-0.3, -0.25) is 4.79 Å². The number of carbonyl (C=O) groups excluding carboxylic acids is 1. The third-order valence-electron chi connectivity index (χ3n) is 4.42. The Morgan fingerprint density at radius 3 is 2.18 bits per heavy atom. The number of halogens is 1. The summed E-state index contributed by atoms with van der Waals surface area (Å²) >= 11 is 5.83. The fourth-order valence-corrected chi connectivity index (χ4v) is 3.11. The van der Waals surface area contributed by atoms with Crippen LogP contribution in [0.2, 0.25) is 0 Å². The second-order valence-electron chi connectivity index (χ2n) is 7.88. The number of ether oxygens (including phenoxy) is 3. The summed E-state index contributed by atoms with van der Waals surface area (Å²) in [6.45, 7) is 6.50. The van der Waals surface area contributed by atoms with Crippen LogP contribution in [-0.4, -0.2) is 37.0 Å². The molecule has 7 nitrogen and oxygen atoms in total. The number of rotatable bonds is 8.